The first-order valence-electron chi connectivity index (χ1n) is 8.80. The fourth-order valence-corrected chi connectivity index (χ4v) is 5.17. The van der Waals surface area contributed by atoms with Gasteiger partial charge in [-0.05, 0) is 11.6 Å². The van der Waals surface area contributed by atoms with Gasteiger partial charge in [0.2, 0.25) is 0 Å². The molecule has 29 heavy (non-hydrogen) atoms. The summed E-state index contributed by atoms with van der Waals surface area (Å²) in [6.45, 7) is 0.812. The van der Waals surface area contributed by atoms with Crippen LogP contribution in [-0.4, -0.2) is 28.8 Å². The number of thiazole rings is 1. The highest BCUT2D eigenvalue weighted by atomic mass is 35.5. The zero-order valence-electron chi connectivity index (χ0n) is 15.8. The number of fused-ring (bicyclic) bond motifs is 4. The van der Waals surface area contributed by atoms with E-state index < -0.39 is 0 Å². The monoisotopic (exact) mass is 446 g/mol. The minimum atomic E-state index is 0. The molecule has 9 heteroatoms. The molecule has 0 spiro atoms. The molecule has 3 heterocycles. The predicted molar refractivity (Wildman–Crippen MR) is 123 cm³/mol. The van der Waals surface area contributed by atoms with E-state index in [1.807, 2.05) is 24.3 Å². The zero-order valence-corrected chi connectivity index (χ0v) is 18.3. The molecule has 6 nitrogen and oxygen atoms in total. The lowest BCUT2D eigenvalue weighted by Gasteiger charge is -2.16. The summed E-state index contributed by atoms with van der Waals surface area (Å²) in [5, 5.41) is 6.51. The van der Waals surface area contributed by atoms with Gasteiger partial charge in [0.15, 0.2) is 21.6 Å². The zero-order chi connectivity index (χ0) is 19.1. The van der Waals surface area contributed by atoms with E-state index in [0.717, 1.165) is 39.1 Å². The molecule has 1 aliphatic heterocycles. The number of thioether (sulfide) groups is 1. The summed E-state index contributed by atoms with van der Waals surface area (Å²) in [6.07, 6.45) is 0. The second-order valence-electron chi connectivity index (χ2n) is 6.34. The Balaban J connectivity index is 0.00000205. The summed E-state index contributed by atoms with van der Waals surface area (Å²) >= 11 is 3.34. The van der Waals surface area contributed by atoms with Gasteiger partial charge in [-0.1, -0.05) is 30.0 Å². The van der Waals surface area contributed by atoms with Crippen molar-refractivity contribution in [2.24, 2.45) is 4.99 Å². The molecule has 0 fully saturated rings. The van der Waals surface area contributed by atoms with Crippen LogP contribution in [0, 0.1) is 0 Å². The lowest BCUT2D eigenvalue weighted by molar-refractivity contribution is 0.355. The van der Waals surface area contributed by atoms with E-state index in [2.05, 4.69) is 27.2 Å². The topological polar surface area (TPSA) is 60.2 Å². The lowest BCUT2D eigenvalue weighted by Crippen LogP contribution is -2.23. The van der Waals surface area contributed by atoms with Crippen LogP contribution in [0.1, 0.15) is 11.3 Å². The first-order valence-corrected chi connectivity index (χ1v) is 10.7. The van der Waals surface area contributed by atoms with E-state index in [0.29, 0.717) is 11.5 Å². The number of para-hydroxylation sites is 1. The largest absolute Gasteiger partial charge is 0.493 e. The third kappa shape index (κ3) is 3.52. The second kappa shape index (κ2) is 8.14. The number of halogens is 1. The maximum atomic E-state index is 5.47. The van der Waals surface area contributed by atoms with E-state index in [1.165, 1.54) is 11.3 Å². The van der Waals surface area contributed by atoms with Crippen molar-refractivity contribution in [1.82, 2.24) is 14.7 Å². The van der Waals surface area contributed by atoms with Gasteiger partial charge in [-0.15, -0.1) is 23.7 Å². The van der Waals surface area contributed by atoms with Gasteiger partial charge >= 0.3 is 0 Å². The van der Waals surface area contributed by atoms with Gasteiger partial charge in [-0.2, -0.15) is 0 Å². The highest BCUT2D eigenvalue weighted by Gasteiger charge is 2.16. The maximum absolute atomic E-state index is 5.47. The molecule has 150 valence electrons. The number of ether oxygens (including phenoxy) is 2. The average Bonchev–Trinajstić information content (AvgIpc) is 3.29. The van der Waals surface area contributed by atoms with Crippen molar-refractivity contribution >= 4 is 62.4 Å². The highest BCUT2D eigenvalue weighted by Crippen LogP contribution is 2.35. The molecule has 5 rings (SSSR count). The summed E-state index contributed by atoms with van der Waals surface area (Å²) < 4.78 is 13.1. The van der Waals surface area contributed by atoms with Gasteiger partial charge in [0.05, 0.1) is 30.9 Å². The molecule has 2 aromatic carbocycles. The van der Waals surface area contributed by atoms with Gasteiger partial charge < -0.3 is 14.8 Å². The van der Waals surface area contributed by atoms with Crippen molar-refractivity contribution in [3.8, 4) is 11.5 Å². The molecule has 0 bridgehead atoms. The molecule has 0 unspecified atom stereocenters. The summed E-state index contributed by atoms with van der Waals surface area (Å²) in [5.41, 5.74) is 5.38. The molecule has 1 N–H and O–H groups in total. The normalized spacial score (nSPS) is 12.8. The summed E-state index contributed by atoms with van der Waals surface area (Å²) in [4.78, 5) is 10.4. The van der Waals surface area contributed by atoms with E-state index >= 15 is 0 Å². The Bertz CT molecular complexity index is 1220. The molecule has 0 saturated heterocycles. The van der Waals surface area contributed by atoms with Gasteiger partial charge in [0.1, 0.15) is 0 Å². The molecule has 4 aromatic rings. The number of amidine groups is 1. The SMILES string of the molecule is COc1cc2nc3scc(CSC4=Nc5ccccc5CN4)n3c2cc1OC.Cl. The van der Waals surface area contributed by atoms with Crippen LogP contribution in [0.2, 0.25) is 0 Å². The lowest BCUT2D eigenvalue weighted by atomic mass is 10.1. The highest BCUT2D eigenvalue weighted by molar-refractivity contribution is 8.13. The standard InChI is InChI=1S/C20H18N4O2S2.ClH/c1-25-17-7-15-16(8-18(17)26-2)24-13(11-28-20(24)23-15)10-27-19-21-9-12-5-3-4-6-14(12)22-19;/h3-8,11H,9-10H2,1-2H3,(H,21,22);1H. The Morgan fingerprint density at radius 2 is 1.97 bits per heavy atom. The minimum Gasteiger partial charge on any atom is -0.493 e. The fraction of sp³-hybridized carbons (Fsp3) is 0.200. The summed E-state index contributed by atoms with van der Waals surface area (Å²) in [7, 11) is 3.29. The smallest absolute Gasteiger partial charge is 0.194 e. The fourth-order valence-electron chi connectivity index (χ4n) is 3.33. The van der Waals surface area contributed by atoms with Crippen molar-refractivity contribution in [2.45, 2.75) is 12.3 Å². The summed E-state index contributed by atoms with van der Waals surface area (Å²) in [5.74, 6) is 2.20. The van der Waals surface area contributed by atoms with Crippen LogP contribution in [-0.2, 0) is 12.3 Å². The number of benzene rings is 2. The van der Waals surface area contributed by atoms with Crippen LogP contribution in [0.15, 0.2) is 46.8 Å². The quantitative estimate of drug-likeness (QED) is 0.477. The summed E-state index contributed by atoms with van der Waals surface area (Å²) in [6, 6.07) is 12.1. The molecule has 0 amide bonds. The third-order valence-corrected chi connectivity index (χ3v) is 6.54. The Kier molecular flexibility index (Phi) is 5.58. The maximum Gasteiger partial charge on any atom is 0.194 e. The Hall–Kier alpha value is -2.42. The molecule has 0 atom stereocenters. The van der Waals surface area contributed by atoms with Crippen LogP contribution >= 0.6 is 35.5 Å². The van der Waals surface area contributed by atoms with Gasteiger partial charge in [-0.3, -0.25) is 4.40 Å². The van der Waals surface area contributed by atoms with Crippen molar-refractivity contribution in [3.05, 3.63) is 53.0 Å². The van der Waals surface area contributed by atoms with Gasteiger partial charge in [0, 0.05) is 35.5 Å². The molecule has 0 saturated carbocycles. The van der Waals surface area contributed by atoms with Crippen molar-refractivity contribution in [2.75, 3.05) is 14.2 Å². The van der Waals surface area contributed by atoms with Crippen LogP contribution in [0.5, 0.6) is 11.5 Å². The number of nitrogens with one attached hydrogen (secondary N) is 1. The number of hydrogen-bond donors (Lipinski definition) is 1. The predicted octanol–water partition coefficient (Wildman–Crippen LogP) is 5.01. The number of imidazole rings is 1. The molecule has 1 aliphatic rings. The van der Waals surface area contributed by atoms with E-state index in [1.54, 1.807) is 37.3 Å². The molecule has 2 aromatic heterocycles. The van der Waals surface area contributed by atoms with Crippen LogP contribution in [0.3, 0.4) is 0 Å². The molecular formula is C20H19ClN4O2S2. The van der Waals surface area contributed by atoms with E-state index in [-0.39, 0.29) is 12.4 Å². The van der Waals surface area contributed by atoms with Gasteiger partial charge in [-0.25, -0.2) is 9.98 Å². The van der Waals surface area contributed by atoms with E-state index in [9.17, 15) is 0 Å². The van der Waals surface area contributed by atoms with Crippen LogP contribution in [0.25, 0.3) is 16.0 Å². The van der Waals surface area contributed by atoms with E-state index in [4.69, 9.17) is 19.5 Å². The second-order valence-corrected chi connectivity index (χ2v) is 8.14. The average molecular weight is 447 g/mol. The molecule has 0 radical (unpaired) electrons. The third-order valence-electron chi connectivity index (χ3n) is 4.72. The number of nitrogens with zero attached hydrogens (tertiary/aromatic N) is 3. The number of hydrogen-bond acceptors (Lipinski definition) is 7. The van der Waals surface area contributed by atoms with Crippen molar-refractivity contribution in [1.29, 1.82) is 0 Å². The Morgan fingerprint density at radius 3 is 2.79 bits per heavy atom. The van der Waals surface area contributed by atoms with Crippen LogP contribution < -0.4 is 14.8 Å². The first kappa shape index (κ1) is 19.9. The van der Waals surface area contributed by atoms with Crippen molar-refractivity contribution < 1.29 is 9.47 Å². The number of aliphatic imine (C=N–C) groups is 1. The number of rotatable bonds is 4. The first-order chi connectivity index (χ1) is 13.8. The Morgan fingerprint density at radius 1 is 1.17 bits per heavy atom. The van der Waals surface area contributed by atoms with Crippen molar-refractivity contribution in [3.63, 3.8) is 0 Å². The van der Waals surface area contributed by atoms with Crippen LogP contribution in [0.4, 0.5) is 5.69 Å². The number of aromatic nitrogens is 2. The molecule has 0 aliphatic carbocycles. The Labute approximate surface area is 182 Å². The minimum absolute atomic E-state index is 0. The van der Waals surface area contributed by atoms with Gasteiger partial charge in [0.25, 0.3) is 0 Å². The molecular weight excluding hydrogens is 428 g/mol. The number of methoxy groups -OCH3 is 2.